The average molecular weight is 317 g/mol. The largest absolute Gasteiger partial charge is 0.432 e. The maximum atomic E-state index is 13.4. The van der Waals surface area contributed by atoms with Crippen LogP contribution in [-0.4, -0.2) is 6.61 Å². The molecule has 0 aliphatic heterocycles. The molecule has 0 atom stereocenters. The Morgan fingerprint density at radius 1 is 1.24 bits per heavy atom. The molecule has 2 rings (SSSR count). The number of anilines is 2. The van der Waals surface area contributed by atoms with E-state index in [1.807, 2.05) is 6.07 Å². The van der Waals surface area contributed by atoms with Gasteiger partial charge in [-0.2, -0.15) is 8.78 Å². The number of nitrogen functional groups attached to an aromatic ring is 1. The third kappa shape index (κ3) is 4.19. The summed E-state index contributed by atoms with van der Waals surface area (Å²) in [4.78, 5) is 0. The number of benzene rings is 2. The van der Waals surface area contributed by atoms with Crippen LogP contribution in [0, 0.1) is 5.82 Å². The van der Waals surface area contributed by atoms with Crippen molar-refractivity contribution in [2.24, 2.45) is 0 Å². The van der Waals surface area contributed by atoms with Crippen LogP contribution in [0.5, 0.6) is 5.75 Å². The summed E-state index contributed by atoms with van der Waals surface area (Å²) in [5, 5.41) is 3.49. The Hall–Kier alpha value is -2.08. The summed E-state index contributed by atoms with van der Waals surface area (Å²) in [6.45, 7) is -2.76. The summed E-state index contributed by atoms with van der Waals surface area (Å²) in [7, 11) is 0. The molecule has 0 unspecified atom stereocenters. The maximum absolute atomic E-state index is 13.4. The van der Waals surface area contributed by atoms with Gasteiger partial charge in [0.1, 0.15) is 0 Å². The highest BCUT2D eigenvalue weighted by molar-refractivity contribution is 6.30. The molecule has 7 heteroatoms. The average Bonchev–Trinajstić information content (AvgIpc) is 2.40. The molecule has 0 aromatic heterocycles. The van der Waals surface area contributed by atoms with Gasteiger partial charge < -0.3 is 15.8 Å². The lowest BCUT2D eigenvalue weighted by Gasteiger charge is -2.13. The minimum atomic E-state index is -3.11. The van der Waals surface area contributed by atoms with E-state index in [4.69, 9.17) is 17.3 Å². The minimum Gasteiger partial charge on any atom is -0.432 e. The van der Waals surface area contributed by atoms with Crippen molar-refractivity contribution >= 4 is 23.0 Å². The molecule has 2 aromatic rings. The van der Waals surface area contributed by atoms with Crippen molar-refractivity contribution in [3.8, 4) is 5.75 Å². The van der Waals surface area contributed by atoms with Crippen molar-refractivity contribution in [1.29, 1.82) is 0 Å². The van der Waals surface area contributed by atoms with Crippen LogP contribution in [0.3, 0.4) is 0 Å². The number of hydrogen-bond donors (Lipinski definition) is 2. The predicted molar refractivity (Wildman–Crippen MR) is 76.2 cm³/mol. The first kappa shape index (κ1) is 15.3. The van der Waals surface area contributed by atoms with Crippen molar-refractivity contribution in [1.82, 2.24) is 0 Å². The van der Waals surface area contributed by atoms with Gasteiger partial charge in [0.25, 0.3) is 0 Å². The fourth-order valence-electron chi connectivity index (χ4n) is 1.75. The van der Waals surface area contributed by atoms with E-state index in [0.29, 0.717) is 17.3 Å². The molecule has 112 valence electrons. The third-order valence-corrected chi connectivity index (χ3v) is 2.93. The molecule has 0 fully saturated rings. The molecule has 3 N–H and O–H groups in total. The Morgan fingerprint density at radius 2 is 2.00 bits per heavy atom. The second kappa shape index (κ2) is 6.58. The second-order valence-corrected chi connectivity index (χ2v) is 4.67. The highest BCUT2D eigenvalue weighted by atomic mass is 35.5. The lowest BCUT2D eigenvalue weighted by molar-refractivity contribution is -0.0521. The van der Waals surface area contributed by atoms with Gasteiger partial charge in [0.2, 0.25) is 0 Å². The van der Waals surface area contributed by atoms with Gasteiger partial charge in [-0.15, -0.1) is 0 Å². The molecule has 0 saturated carbocycles. The van der Waals surface area contributed by atoms with Gasteiger partial charge in [-0.05, 0) is 17.7 Å². The Kier molecular flexibility index (Phi) is 4.80. The third-order valence-electron chi connectivity index (χ3n) is 2.69. The molecular formula is C14H12ClF3N2O. The van der Waals surface area contributed by atoms with Crippen molar-refractivity contribution in [2.45, 2.75) is 13.2 Å². The summed E-state index contributed by atoms with van der Waals surface area (Å²) < 4.78 is 41.9. The Bertz CT molecular complexity index is 638. The van der Waals surface area contributed by atoms with Gasteiger partial charge in [0.05, 0.1) is 11.4 Å². The van der Waals surface area contributed by atoms with Crippen LogP contribution < -0.4 is 15.8 Å². The van der Waals surface area contributed by atoms with Crippen LogP contribution in [0.15, 0.2) is 36.4 Å². The molecule has 0 heterocycles. The fourth-order valence-corrected chi connectivity index (χ4v) is 1.97. The molecule has 0 radical (unpaired) electrons. The highest BCUT2D eigenvalue weighted by Gasteiger charge is 2.13. The smallest absolute Gasteiger partial charge is 0.387 e. The summed E-state index contributed by atoms with van der Waals surface area (Å²) in [5.74, 6) is -1.51. The lowest BCUT2D eigenvalue weighted by atomic mass is 10.2. The summed E-state index contributed by atoms with van der Waals surface area (Å²) in [5.41, 5.74) is 6.90. The minimum absolute atomic E-state index is 0.0937. The van der Waals surface area contributed by atoms with E-state index >= 15 is 0 Å². The van der Waals surface area contributed by atoms with Gasteiger partial charge in [-0.25, -0.2) is 4.39 Å². The van der Waals surface area contributed by atoms with E-state index in [-0.39, 0.29) is 5.69 Å². The standard InChI is InChI=1S/C14H12ClF3N2O/c15-9-3-1-2-8(4-9)7-20-12-6-13(21-14(17)18)10(16)5-11(12)19/h1-6,14,20H,7,19H2. The monoisotopic (exact) mass is 316 g/mol. The molecule has 0 saturated heterocycles. The molecule has 0 aliphatic rings. The number of nitrogens with two attached hydrogens (primary N) is 1. The number of hydrogen-bond acceptors (Lipinski definition) is 3. The Balaban J connectivity index is 2.15. The van der Waals surface area contributed by atoms with Crippen LogP contribution >= 0.6 is 11.6 Å². The molecule has 0 amide bonds. The van der Waals surface area contributed by atoms with E-state index in [9.17, 15) is 13.2 Å². The molecule has 0 bridgehead atoms. The fraction of sp³-hybridized carbons (Fsp3) is 0.143. The SMILES string of the molecule is Nc1cc(F)c(OC(F)F)cc1NCc1cccc(Cl)c1. The van der Waals surface area contributed by atoms with Crippen molar-refractivity contribution in [3.63, 3.8) is 0 Å². The first-order valence-corrected chi connectivity index (χ1v) is 6.35. The zero-order chi connectivity index (χ0) is 15.4. The van der Waals surface area contributed by atoms with Gasteiger partial charge in [0, 0.05) is 23.7 Å². The molecule has 0 spiro atoms. The first-order valence-electron chi connectivity index (χ1n) is 5.98. The summed E-state index contributed by atoms with van der Waals surface area (Å²) in [6, 6.07) is 9.10. The van der Waals surface area contributed by atoms with E-state index in [1.54, 1.807) is 18.2 Å². The number of nitrogens with one attached hydrogen (secondary N) is 1. The summed E-state index contributed by atoms with van der Waals surface area (Å²) in [6.07, 6.45) is 0. The molecule has 0 aliphatic carbocycles. The van der Waals surface area contributed by atoms with Gasteiger partial charge in [-0.1, -0.05) is 23.7 Å². The van der Waals surface area contributed by atoms with Gasteiger partial charge in [-0.3, -0.25) is 0 Å². The van der Waals surface area contributed by atoms with Crippen molar-refractivity contribution < 1.29 is 17.9 Å². The van der Waals surface area contributed by atoms with Crippen LogP contribution in [0.2, 0.25) is 5.02 Å². The normalized spacial score (nSPS) is 10.7. The van der Waals surface area contributed by atoms with Crippen LogP contribution in [0.4, 0.5) is 24.5 Å². The predicted octanol–water partition coefficient (Wildman–Crippen LogP) is 4.27. The molecule has 3 nitrogen and oxygen atoms in total. The zero-order valence-corrected chi connectivity index (χ0v) is 11.5. The van der Waals surface area contributed by atoms with Crippen LogP contribution in [-0.2, 0) is 6.54 Å². The van der Waals surface area contributed by atoms with E-state index < -0.39 is 18.2 Å². The zero-order valence-electron chi connectivity index (χ0n) is 10.7. The number of rotatable bonds is 5. The lowest BCUT2D eigenvalue weighted by Crippen LogP contribution is -2.07. The highest BCUT2D eigenvalue weighted by Crippen LogP contribution is 2.29. The van der Waals surface area contributed by atoms with Crippen molar-refractivity contribution in [3.05, 3.63) is 52.8 Å². The topological polar surface area (TPSA) is 47.3 Å². The molecular weight excluding hydrogens is 305 g/mol. The molecule has 21 heavy (non-hydrogen) atoms. The molecule has 2 aromatic carbocycles. The Morgan fingerprint density at radius 3 is 2.67 bits per heavy atom. The van der Waals surface area contributed by atoms with Gasteiger partial charge >= 0.3 is 6.61 Å². The van der Waals surface area contributed by atoms with E-state index in [2.05, 4.69) is 10.1 Å². The van der Waals surface area contributed by atoms with E-state index in [0.717, 1.165) is 17.7 Å². The van der Waals surface area contributed by atoms with E-state index in [1.165, 1.54) is 0 Å². The maximum Gasteiger partial charge on any atom is 0.387 e. The quantitative estimate of drug-likeness (QED) is 0.810. The Labute approximate surface area is 124 Å². The first-order chi connectivity index (χ1) is 9.95. The summed E-state index contributed by atoms with van der Waals surface area (Å²) >= 11 is 5.86. The number of alkyl halides is 2. The van der Waals surface area contributed by atoms with Crippen LogP contribution in [0.25, 0.3) is 0 Å². The number of ether oxygens (including phenoxy) is 1. The number of halogens is 4. The van der Waals surface area contributed by atoms with Crippen molar-refractivity contribution in [2.75, 3.05) is 11.1 Å². The second-order valence-electron chi connectivity index (χ2n) is 4.23. The van der Waals surface area contributed by atoms with Crippen LogP contribution in [0.1, 0.15) is 5.56 Å². The van der Waals surface area contributed by atoms with Gasteiger partial charge in [0.15, 0.2) is 11.6 Å².